The van der Waals surface area contributed by atoms with Crippen LogP contribution in [0.4, 0.5) is 0 Å². The summed E-state index contributed by atoms with van der Waals surface area (Å²) in [5, 5.41) is 9.66. The molecule has 1 N–H and O–H groups in total. The molecule has 1 aromatic carbocycles. The van der Waals surface area contributed by atoms with Gasteiger partial charge in [-0.25, -0.2) is 0 Å². The molecule has 0 aliphatic carbocycles. The Bertz CT molecular complexity index is 347. The lowest BCUT2D eigenvalue weighted by Crippen LogP contribution is -2.02. The summed E-state index contributed by atoms with van der Waals surface area (Å²) < 4.78 is 15.5. The smallest absolute Gasteiger partial charge is 0.161 e. The quantitative estimate of drug-likeness (QED) is 0.833. The van der Waals surface area contributed by atoms with Gasteiger partial charge in [-0.3, -0.25) is 0 Å². The van der Waals surface area contributed by atoms with Crippen molar-refractivity contribution in [1.29, 1.82) is 0 Å². The highest BCUT2D eigenvalue weighted by molar-refractivity contribution is 5.48. The maximum absolute atomic E-state index is 9.66. The summed E-state index contributed by atoms with van der Waals surface area (Å²) in [5.41, 5.74) is 1.69. The van der Waals surface area contributed by atoms with E-state index in [2.05, 4.69) is 0 Å². The molecule has 0 fully saturated rings. The molecular formula is C12H18O4. The molecule has 1 unspecified atom stereocenters. The van der Waals surface area contributed by atoms with Crippen molar-refractivity contribution in [2.24, 2.45) is 0 Å². The van der Waals surface area contributed by atoms with E-state index < -0.39 is 6.10 Å². The van der Waals surface area contributed by atoms with Crippen LogP contribution in [0.5, 0.6) is 11.5 Å². The molecule has 90 valence electrons. The maximum Gasteiger partial charge on any atom is 0.161 e. The third kappa shape index (κ3) is 2.65. The van der Waals surface area contributed by atoms with Gasteiger partial charge in [0.25, 0.3) is 0 Å². The van der Waals surface area contributed by atoms with Gasteiger partial charge >= 0.3 is 0 Å². The minimum Gasteiger partial charge on any atom is -0.493 e. The molecule has 4 heteroatoms. The zero-order valence-electron chi connectivity index (χ0n) is 10.1. The topological polar surface area (TPSA) is 47.9 Å². The number of rotatable bonds is 5. The molecule has 0 radical (unpaired) electrons. The van der Waals surface area contributed by atoms with Crippen LogP contribution >= 0.6 is 0 Å². The number of benzene rings is 1. The van der Waals surface area contributed by atoms with E-state index in [4.69, 9.17) is 14.2 Å². The van der Waals surface area contributed by atoms with Crippen LogP contribution in [-0.2, 0) is 11.3 Å². The van der Waals surface area contributed by atoms with Crippen molar-refractivity contribution in [1.82, 2.24) is 0 Å². The lowest BCUT2D eigenvalue weighted by molar-refractivity contribution is 0.170. The molecule has 0 aliphatic heterocycles. The number of methoxy groups -OCH3 is 3. The summed E-state index contributed by atoms with van der Waals surface area (Å²) in [5.74, 6) is 1.25. The van der Waals surface area contributed by atoms with Crippen LogP contribution in [0.25, 0.3) is 0 Å². The molecule has 16 heavy (non-hydrogen) atoms. The van der Waals surface area contributed by atoms with E-state index in [1.807, 2.05) is 6.07 Å². The zero-order valence-corrected chi connectivity index (χ0v) is 10.1. The molecule has 1 aromatic rings. The average molecular weight is 226 g/mol. The summed E-state index contributed by atoms with van der Waals surface area (Å²) in [6.45, 7) is 2.14. The first kappa shape index (κ1) is 12.8. The Morgan fingerprint density at radius 1 is 1.12 bits per heavy atom. The molecule has 0 heterocycles. The number of aliphatic hydroxyl groups excluding tert-OH is 1. The van der Waals surface area contributed by atoms with Gasteiger partial charge in [0.2, 0.25) is 0 Å². The van der Waals surface area contributed by atoms with Crippen LogP contribution in [0.15, 0.2) is 12.1 Å². The summed E-state index contributed by atoms with van der Waals surface area (Å²) >= 11 is 0. The van der Waals surface area contributed by atoms with E-state index in [1.54, 1.807) is 34.3 Å². The van der Waals surface area contributed by atoms with Gasteiger partial charge in [-0.2, -0.15) is 0 Å². The lowest BCUT2D eigenvalue weighted by Gasteiger charge is -2.16. The van der Waals surface area contributed by atoms with Crippen molar-refractivity contribution < 1.29 is 19.3 Å². The molecule has 0 saturated heterocycles. The third-order valence-electron chi connectivity index (χ3n) is 2.40. The Morgan fingerprint density at radius 3 is 2.12 bits per heavy atom. The summed E-state index contributed by atoms with van der Waals surface area (Å²) in [4.78, 5) is 0. The highest BCUT2D eigenvalue weighted by Gasteiger charge is 2.14. The Balaban J connectivity index is 3.23. The molecule has 0 saturated carbocycles. The molecule has 0 aromatic heterocycles. The van der Waals surface area contributed by atoms with Gasteiger partial charge in [-0.1, -0.05) is 0 Å². The standard InChI is InChI=1S/C12H18O4/c1-8(13)10-6-12(16-4)11(15-3)5-9(10)7-14-2/h5-6,8,13H,7H2,1-4H3. The fourth-order valence-corrected chi connectivity index (χ4v) is 1.61. The van der Waals surface area contributed by atoms with Gasteiger partial charge < -0.3 is 19.3 Å². The second-order valence-corrected chi connectivity index (χ2v) is 3.51. The lowest BCUT2D eigenvalue weighted by atomic mass is 10.0. The summed E-state index contributed by atoms with van der Waals surface area (Å²) in [6.07, 6.45) is -0.565. The van der Waals surface area contributed by atoms with Gasteiger partial charge in [0.15, 0.2) is 11.5 Å². The number of aliphatic hydroxyl groups is 1. The van der Waals surface area contributed by atoms with E-state index in [-0.39, 0.29) is 0 Å². The fraction of sp³-hybridized carbons (Fsp3) is 0.500. The van der Waals surface area contributed by atoms with Crippen molar-refractivity contribution in [3.8, 4) is 11.5 Å². The van der Waals surface area contributed by atoms with E-state index in [0.717, 1.165) is 11.1 Å². The minimum atomic E-state index is -0.565. The molecule has 4 nitrogen and oxygen atoms in total. The van der Waals surface area contributed by atoms with Crippen molar-refractivity contribution in [3.05, 3.63) is 23.3 Å². The largest absolute Gasteiger partial charge is 0.493 e. The van der Waals surface area contributed by atoms with Gasteiger partial charge in [0, 0.05) is 7.11 Å². The fourth-order valence-electron chi connectivity index (χ4n) is 1.61. The molecule has 1 rings (SSSR count). The second kappa shape index (κ2) is 5.72. The van der Waals surface area contributed by atoms with Gasteiger partial charge in [0.05, 0.1) is 26.9 Å². The predicted octanol–water partition coefficient (Wildman–Crippen LogP) is 1.90. The van der Waals surface area contributed by atoms with Crippen LogP contribution in [-0.4, -0.2) is 26.4 Å². The monoisotopic (exact) mass is 226 g/mol. The average Bonchev–Trinajstić information content (AvgIpc) is 2.28. The van der Waals surface area contributed by atoms with Crippen LogP contribution in [0, 0.1) is 0 Å². The van der Waals surface area contributed by atoms with E-state index >= 15 is 0 Å². The van der Waals surface area contributed by atoms with Crippen molar-refractivity contribution >= 4 is 0 Å². The SMILES string of the molecule is COCc1cc(OC)c(OC)cc1C(C)O. The Kier molecular flexibility index (Phi) is 4.58. The highest BCUT2D eigenvalue weighted by Crippen LogP contribution is 2.33. The third-order valence-corrected chi connectivity index (χ3v) is 2.40. The van der Waals surface area contributed by atoms with E-state index in [0.29, 0.717) is 18.1 Å². The van der Waals surface area contributed by atoms with Gasteiger partial charge in [-0.05, 0) is 30.2 Å². The first-order valence-electron chi connectivity index (χ1n) is 5.05. The molecule has 1 atom stereocenters. The Morgan fingerprint density at radius 2 is 1.69 bits per heavy atom. The summed E-state index contributed by atoms with van der Waals surface area (Å²) in [6, 6.07) is 3.60. The van der Waals surface area contributed by atoms with Gasteiger partial charge in [-0.15, -0.1) is 0 Å². The van der Waals surface area contributed by atoms with Crippen molar-refractivity contribution in [3.63, 3.8) is 0 Å². The second-order valence-electron chi connectivity index (χ2n) is 3.51. The van der Waals surface area contributed by atoms with Gasteiger partial charge in [0.1, 0.15) is 0 Å². The number of ether oxygens (including phenoxy) is 3. The highest BCUT2D eigenvalue weighted by atomic mass is 16.5. The molecule has 0 spiro atoms. The number of hydrogen-bond donors (Lipinski definition) is 1. The molecular weight excluding hydrogens is 208 g/mol. The predicted molar refractivity (Wildman–Crippen MR) is 60.9 cm³/mol. The molecule has 0 bridgehead atoms. The van der Waals surface area contributed by atoms with Crippen LogP contribution in [0.3, 0.4) is 0 Å². The van der Waals surface area contributed by atoms with Crippen LogP contribution in [0.2, 0.25) is 0 Å². The first-order chi connectivity index (χ1) is 7.63. The molecule has 0 amide bonds. The minimum absolute atomic E-state index is 0.431. The van der Waals surface area contributed by atoms with Crippen LogP contribution in [0.1, 0.15) is 24.2 Å². The van der Waals surface area contributed by atoms with Crippen LogP contribution < -0.4 is 9.47 Å². The molecule has 0 aliphatic rings. The first-order valence-corrected chi connectivity index (χ1v) is 5.05. The Labute approximate surface area is 95.8 Å². The van der Waals surface area contributed by atoms with Crippen molar-refractivity contribution in [2.45, 2.75) is 19.6 Å². The number of hydrogen-bond acceptors (Lipinski definition) is 4. The van der Waals surface area contributed by atoms with E-state index in [1.165, 1.54) is 0 Å². The zero-order chi connectivity index (χ0) is 12.1. The van der Waals surface area contributed by atoms with E-state index in [9.17, 15) is 5.11 Å². The van der Waals surface area contributed by atoms with Crippen molar-refractivity contribution in [2.75, 3.05) is 21.3 Å². The Hall–Kier alpha value is -1.26. The summed E-state index contributed by atoms with van der Waals surface area (Å²) in [7, 11) is 4.76. The maximum atomic E-state index is 9.66. The normalized spacial score (nSPS) is 12.3.